The van der Waals surface area contributed by atoms with Crippen LogP contribution in [0.2, 0.25) is 0 Å². The molecule has 0 saturated heterocycles. The maximum atomic E-state index is 11.2. The van der Waals surface area contributed by atoms with Crippen LogP contribution in [-0.2, 0) is 11.2 Å². The first-order valence-electron chi connectivity index (χ1n) is 4.90. The topological polar surface area (TPSA) is 81.8 Å². The summed E-state index contributed by atoms with van der Waals surface area (Å²) in [6.45, 7) is 1.79. The van der Waals surface area contributed by atoms with Gasteiger partial charge in [0.2, 0.25) is 11.7 Å². The zero-order valence-electron chi connectivity index (χ0n) is 8.75. The molecule has 0 fully saturated rings. The van der Waals surface area contributed by atoms with Gasteiger partial charge in [-0.2, -0.15) is 4.98 Å². The molecule has 2 rings (SSSR count). The predicted molar refractivity (Wildman–Crippen MR) is 54.3 cm³/mol. The predicted octanol–water partition coefficient (Wildman–Crippen LogP) is 1.05. The van der Waals surface area contributed by atoms with Crippen LogP contribution in [0.15, 0.2) is 23.1 Å². The summed E-state index contributed by atoms with van der Waals surface area (Å²) < 4.78 is 4.94. The lowest BCUT2D eigenvalue weighted by Gasteiger charge is -1.89. The van der Waals surface area contributed by atoms with Gasteiger partial charge in [-0.15, -0.1) is 0 Å². The molecule has 0 saturated carbocycles. The molecule has 2 aromatic heterocycles. The Labute approximate surface area is 91.7 Å². The quantitative estimate of drug-likeness (QED) is 0.762. The highest BCUT2D eigenvalue weighted by atomic mass is 16.5. The maximum absolute atomic E-state index is 11.2. The molecule has 0 atom stereocenters. The summed E-state index contributed by atoms with van der Waals surface area (Å²) in [6.07, 6.45) is 5.27. The van der Waals surface area contributed by atoms with Crippen molar-refractivity contribution in [1.29, 1.82) is 0 Å². The van der Waals surface area contributed by atoms with Crippen LogP contribution in [0.25, 0.3) is 11.5 Å². The first kappa shape index (κ1) is 10.4. The molecule has 0 aliphatic carbocycles. The molecule has 0 N–H and O–H groups in total. The molecule has 2 heterocycles. The van der Waals surface area contributed by atoms with Gasteiger partial charge in [-0.3, -0.25) is 9.78 Å². The number of nitrogens with zero attached hydrogens (tertiary/aromatic N) is 4. The van der Waals surface area contributed by atoms with E-state index in [0.29, 0.717) is 23.8 Å². The monoisotopic (exact) mass is 218 g/mol. The third-order valence-corrected chi connectivity index (χ3v) is 2.00. The summed E-state index contributed by atoms with van der Waals surface area (Å²) >= 11 is 0. The molecule has 0 unspecified atom stereocenters. The van der Waals surface area contributed by atoms with E-state index in [-0.39, 0.29) is 12.2 Å². The SMILES string of the molecule is CCC(=O)Cc1nc(-c2cnccn2)no1. The van der Waals surface area contributed by atoms with Gasteiger partial charge in [0, 0.05) is 18.8 Å². The smallest absolute Gasteiger partial charge is 0.234 e. The molecule has 82 valence electrons. The Balaban J connectivity index is 2.17. The molecule has 0 amide bonds. The molecule has 0 aromatic carbocycles. The van der Waals surface area contributed by atoms with E-state index in [1.54, 1.807) is 19.3 Å². The van der Waals surface area contributed by atoms with Crippen LogP contribution in [0.1, 0.15) is 19.2 Å². The average Bonchev–Trinajstić information content (AvgIpc) is 2.78. The third-order valence-electron chi connectivity index (χ3n) is 2.00. The van der Waals surface area contributed by atoms with E-state index in [4.69, 9.17) is 4.52 Å². The molecular formula is C10H10N4O2. The van der Waals surface area contributed by atoms with Gasteiger partial charge >= 0.3 is 0 Å². The highest BCUT2D eigenvalue weighted by Crippen LogP contribution is 2.11. The number of hydrogen-bond acceptors (Lipinski definition) is 6. The number of aromatic nitrogens is 4. The van der Waals surface area contributed by atoms with Gasteiger partial charge in [-0.1, -0.05) is 12.1 Å². The van der Waals surface area contributed by atoms with Crippen LogP contribution in [0.5, 0.6) is 0 Å². The fourth-order valence-corrected chi connectivity index (χ4v) is 1.14. The number of hydrogen-bond donors (Lipinski definition) is 0. The second kappa shape index (κ2) is 4.61. The summed E-state index contributed by atoms with van der Waals surface area (Å²) in [5, 5.41) is 3.73. The van der Waals surface area contributed by atoms with E-state index in [9.17, 15) is 4.79 Å². The van der Waals surface area contributed by atoms with Crippen molar-refractivity contribution in [2.75, 3.05) is 0 Å². The number of carbonyl (C=O) groups excluding carboxylic acids is 1. The molecule has 0 bridgehead atoms. The van der Waals surface area contributed by atoms with Gasteiger partial charge in [-0.05, 0) is 0 Å². The van der Waals surface area contributed by atoms with Gasteiger partial charge in [0.15, 0.2) is 0 Å². The van der Waals surface area contributed by atoms with E-state index in [2.05, 4.69) is 20.1 Å². The standard InChI is InChI=1S/C10H10N4O2/c1-2-7(15)5-9-13-10(14-16-9)8-6-11-3-4-12-8/h3-4,6H,2,5H2,1H3. The molecule has 0 radical (unpaired) electrons. The minimum Gasteiger partial charge on any atom is -0.338 e. The van der Waals surface area contributed by atoms with Gasteiger partial charge in [-0.25, -0.2) is 4.98 Å². The van der Waals surface area contributed by atoms with Crippen molar-refractivity contribution in [2.45, 2.75) is 19.8 Å². The summed E-state index contributed by atoms with van der Waals surface area (Å²) in [6, 6.07) is 0. The van der Waals surface area contributed by atoms with Crippen molar-refractivity contribution < 1.29 is 9.32 Å². The Morgan fingerprint density at radius 1 is 1.44 bits per heavy atom. The third kappa shape index (κ3) is 2.28. The first-order valence-corrected chi connectivity index (χ1v) is 4.90. The van der Waals surface area contributed by atoms with Crippen LogP contribution in [-0.4, -0.2) is 25.9 Å². The first-order chi connectivity index (χ1) is 7.79. The summed E-state index contributed by atoms with van der Waals surface area (Å²) in [7, 11) is 0. The molecular weight excluding hydrogens is 208 g/mol. The Hall–Kier alpha value is -2.11. The highest BCUT2D eigenvalue weighted by Gasteiger charge is 2.11. The molecule has 2 aromatic rings. The van der Waals surface area contributed by atoms with Crippen LogP contribution in [0, 0.1) is 0 Å². The van der Waals surface area contributed by atoms with E-state index in [0.717, 1.165) is 0 Å². The van der Waals surface area contributed by atoms with Crippen LogP contribution >= 0.6 is 0 Å². The molecule has 0 aliphatic rings. The maximum Gasteiger partial charge on any atom is 0.234 e. The minimum atomic E-state index is 0.0642. The molecule has 6 heteroatoms. The second-order valence-electron chi connectivity index (χ2n) is 3.17. The van der Waals surface area contributed by atoms with Crippen molar-refractivity contribution >= 4 is 5.78 Å². The summed E-state index contributed by atoms with van der Waals surface area (Å²) in [4.78, 5) is 23.2. The molecule has 0 aliphatic heterocycles. The lowest BCUT2D eigenvalue weighted by atomic mass is 10.2. The zero-order chi connectivity index (χ0) is 11.4. The van der Waals surface area contributed by atoms with Crippen molar-refractivity contribution in [1.82, 2.24) is 20.1 Å². The van der Waals surface area contributed by atoms with E-state index < -0.39 is 0 Å². The van der Waals surface area contributed by atoms with Crippen LogP contribution in [0.4, 0.5) is 0 Å². The lowest BCUT2D eigenvalue weighted by Crippen LogP contribution is -2.00. The van der Waals surface area contributed by atoms with E-state index in [1.807, 2.05) is 0 Å². The van der Waals surface area contributed by atoms with Crippen LogP contribution in [0.3, 0.4) is 0 Å². The van der Waals surface area contributed by atoms with Gasteiger partial charge in [0.25, 0.3) is 0 Å². The minimum absolute atomic E-state index is 0.0642. The van der Waals surface area contributed by atoms with E-state index in [1.165, 1.54) is 6.20 Å². The Bertz CT molecular complexity index is 481. The number of rotatable bonds is 4. The van der Waals surface area contributed by atoms with Crippen molar-refractivity contribution in [2.24, 2.45) is 0 Å². The molecule has 16 heavy (non-hydrogen) atoms. The highest BCUT2D eigenvalue weighted by molar-refractivity contribution is 5.79. The number of carbonyl (C=O) groups is 1. The van der Waals surface area contributed by atoms with Gasteiger partial charge in [0.05, 0.1) is 12.6 Å². The zero-order valence-corrected chi connectivity index (χ0v) is 8.75. The normalized spacial score (nSPS) is 10.3. The number of ketones is 1. The summed E-state index contributed by atoms with van der Waals surface area (Å²) in [5.41, 5.74) is 0.529. The number of Topliss-reactive ketones (excluding diaryl/α,β-unsaturated/α-hetero) is 1. The average molecular weight is 218 g/mol. The van der Waals surface area contributed by atoms with Crippen molar-refractivity contribution in [3.05, 3.63) is 24.5 Å². The van der Waals surface area contributed by atoms with Gasteiger partial charge < -0.3 is 4.52 Å². The lowest BCUT2D eigenvalue weighted by molar-refractivity contribution is -0.118. The Kier molecular flexibility index (Phi) is 3.00. The van der Waals surface area contributed by atoms with Crippen molar-refractivity contribution in [3.8, 4) is 11.5 Å². The fourth-order valence-electron chi connectivity index (χ4n) is 1.14. The van der Waals surface area contributed by atoms with Crippen LogP contribution < -0.4 is 0 Å². The van der Waals surface area contributed by atoms with Crippen molar-refractivity contribution in [3.63, 3.8) is 0 Å². The second-order valence-corrected chi connectivity index (χ2v) is 3.17. The molecule has 6 nitrogen and oxygen atoms in total. The Morgan fingerprint density at radius 3 is 3.00 bits per heavy atom. The largest absolute Gasteiger partial charge is 0.338 e. The molecule has 0 spiro atoms. The fraction of sp³-hybridized carbons (Fsp3) is 0.300. The van der Waals surface area contributed by atoms with Gasteiger partial charge in [0.1, 0.15) is 11.5 Å². The Morgan fingerprint density at radius 2 is 2.31 bits per heavy atom. The van der Waals surface area contributed by atoms with E-state index >= 15 is 0 Å². The summed E-state index contributed by atoms with van der Waals surface area (Å²) in [5.74, 6) is 0.730.